The topological polar surface area (TPSA) is 167 Å². The molecule has 2 fully saturated rings. The molecule has 2 aromatic rings. The molecule has 5 N–H and O–H groups in total. The largest absolute Gasteiger partial charge is 0.472 e. The molecule has 12 nitrogen and oxygen atoms in total. The van der Waals surface area contributed by atoms with Crippen molar-refractivity contribution in [2.75, 3.05) is 25.0 Å². The molecule has 0 spiro atoms. The van der Waals surface area contributed by atoms with Gasteiger partial charge in [-0.2, -0.15) is 0 Å². The molecule has 0 radical (unpaired) electrons. The Balaban J connectivity index is 1.47. The molecule has 0 amide bonds. The zero-order valence-electron chi connectivity index (χ0n) is 15.8. The van der Waals surface area contributed by atoms with E-state index in [-0.39, 0.29) is 6.61 Å². The van der Waals surface area contributed by atoms with Crippen LogP contribution in [0.5, 0.6) is 0 Å². The number of unbranched alkanes of at least 4 members (excludes halogenated alkanes) is 3. The van der Waals surface area contributed by atoms with Gasteiger partial charge >= 0.3 is 7.82 Å². The van der Waals surface area contributed by atoms with E-state index in [4.69, 9.17) is 19.5 Å². The van der Waals surface area contributed by atoms with Crippen LogP contribution in [0.15, 0.2) is 12.7 Å². The molecule has 5 atom stereocenters. The maximum atomic E-state index is 11.6. The highest BCUT2D eigenvalue weighted by molar-refractivity contribution is 7.47. The van der Waals surface area contributed by atoms with Crippen LogP contribution >= 0.6 is 7.82 Å². The van der Waals surface area contributed by atoms with E-state index in [0.29, 0.717) is 23.5 Å². The third kappa shape index (κ3) is 4.29. The first-order chi connectivity index (χ1) is 14.0. The van der Waals surface area contributed by atoms with Crippen molar-refractivity contribution in [2.45, 2.75) is 50.2 Å². The quantitative estimate of drug-likeness (QED) is 0.342. The summed E-state index contributed by atoms with van der Waals surface area (Å²) in [6, 6.07) is 0. The van der Waals surface area contributed by atoms with Gasteiger partial charge in [0.15, 0.2) is 23.2 Å². The fraction of sp³-hybridized carbons (Fsp3) is 0.688. The number of nitrogens with zero attached hydrogens (tertiary/aromatic N) is 4. The van der Waals surface area contributed by atoms with Gasteiger partial charge in [-0.25, -0.2) is 19.5 Å². The first-order valence-electron chi connectivity index (χ1n) is 9.61. The molecule has 2 aliphatic heterocycles. The lowest BCUT2D eigenvalue weighted by Crippen LogP contribution is -2.39. The number of nitrogens with two attached hydrogens (primary N) is 1. The van der Waals surface area contributed by atoms with Gasteiger partial charge in [-0.15, -0.1) is 0 Å². The second kappa shape index (κ2) is 8.60. The first-order valence-corrected chi connectivity index (χ1v) is 11.1. The summed E-state index contributed by atoms with van der Waals surface area (Å²) in [5, 5.41) is 13.9. The third-order valence-electron chi connectivity index (χ3n) is 5.02. The van der Waals surface area contributed by atoms with Gasteiger partial charge in [-0.3, -0.25) is 13.6 Å². The zero-order chi connectivity index (χ0) is 20.4. The highest BCUT2D eigenvalue weighted by Crippen LogP contribution is 2.52. The van der Waals surface area contributed by atoms with Crippen LogP contribution in [0.4, 0.5) is 5.82 Å². The molecular formula is C16H25N6O6P. The average Bonchev–Trinajstić information content (AvgIpc) is 3.26. The number of imidazole rings is 1. The van der Waals surface area contributed by atoms with E-state index in [1.807, 2.05) is 0 Å². The summed E-state index contributed by atoms with van der Waals surface area (Å²) in [6.45, 7) is 1.30. The summed E-state index contributed by atoms with van der Waals surface area (Å²) in [7, 11) is -4.18. The molecule has 2 aromatic heterocycles. The lowest BCUT2D eigenvalue weighted by molar-refractivity contribution is -0.0664. The minimum atomic E-state index is -4.18. The van der Waals surface area contributed by atoms with Gasteiger partial charge in [0.25, 0.3) is 0 Å². The molecule has 4 heterocycles. The summed E-state index contributed by atoms with van der Waals surface area (Å²) in [6.07, 6.45) is 3.37. The Labute approximate surface area is 167 Å². The van der Waals surface area contributed by atoms with E-state index in [0.717, 1.165) is 32.2 Å². The van der Waals surface area contributed by atoms with E-state index in [9.17, 15) is 14.6 Å². The Bertz CT molecular complexity index is 896. The third-order valence-corrected chi connectivity index (χ3v) is 6.01. The van der Waals surface area contributed by atoms with Gasteiger partial charge in [0.2, 0.25) is 0 Å². The van der Waals surface area contributed by atoms with E-state index in [1.165, 1.54) is 12.7 Å². The number of anilines is 1. The number of hydrogen-bond acceptors (Lipinski definition) is 10. The van der Waals surface area contributed by atoms with Gasteiger partial charge in [-0.05, 0) is 19.4 Å². The van der Waals surface area contributed by atoms with E-state index < -0.39 is 32.4 Å². The van der Waals surface area contributed by atoms with Gasteiger partial charge in [0, 0.05) is 6.54 Å². The standard InChI is InChI=1S/C16H25N6O6P/c17-5-3-1-2-4-6-18-14-11-15(20-8-19-14)22(9-21-11)16-12(23)13-10(27-16)7-26-29(24,25)28-13/h8-10,12-13,16,23H,1-7,17H2,(H,24,25)(H,18,19,20). The molecule has 29 heavy (non-hydrogen) atoms. The van der Waals surface area contributed by atoms with Crippen LogP contribution in [-0.4, -0.2) is 67.5 Å². The van der Waals surface area contributed by atoms with Crippen molar-refractivity contribution < 1.29 is 28.3 Å². The van der Waals surface area contributed by atoms with Crippen molar-refractivity contribution in [3.63, 3.8) is 0 Å². The Kier molecular flexibility index (Phi) is 6.11. The van der Waals surface area contributed by atoms with Crippen LogP contribution in [0, 0.1) is 0 Å². The van der Waals surface area contributed by atoms with Crippen molar-refractivity contribution in [3.05, 3.63) is 12.7 Å². The number of ether oxygens (including phenoxy) is 1. The Morgan fingerprint density at radius 1 is 1.28 bits per heavy atom. The summed E-state index contributed by atoms with van der Waals surface area (Å²) >= 11 is 0. The van der Waals surface area contributed by atoms with Crippen LogP contribution in [0.25, 0.3) is 11.2 Å². The SMILES string of the molecule is NCCCCCCNc1ncnc2c1ncn2C1OC2COP(=O)(O)OC2C1O. The average molecular weight is 428 g/mol. The highest BCUT2D eigenvalue weighted by atomic mass is 31.2. The molecule has 2 saturated heterocycles. The maximum absolute atomic E-state index is 11.6. The number of phosphoric ester groups is 1. The van der Waals surface area contributed by atoms with Crippen LogP contribution in [-0.2, 0) is 18.3 Å². The van der Waals surface area contributed by atoms with Crippen molar-refractivity contribution in [3.8, 4) is 0 Å². The Hall–Kier alpha value is -1.66. The molecule has 160 valence electrons. The minimum Gasteiger partial charge on any atom is -0.386 e. The molecule has 0 aliphatic carbocycles. The van der Waals surface area contributed by atoms with Crippen LogP contribution in [0.1, 0.15) is 31.9 Å². The number of fused-ring (bicyclic) bond motifs is 2. The van der Waals surface area contributed by atoms with Crippen LogP contribution < -0.4 is 11.1 Å². The first kappa shape index (κ1) is 20.6. The second-order valence-electron chi connectivity index (χ2n) is 7.07. The van der Waals surface area contributed by atoms with Gasteiger partial charge < -0.3 is 25.8 Å². The number of nitrogens with one attached hydrogen (secondary N) is 1. The van der Waals surface area contributed by atoms with E-state index >= 15 is 0 Å². The molecule has 13 heteroatoms. The number of rotatable bonds is 8. The lowest BCUT2D eigenvalue weighted by atomic mass is 10.1. The molecule has 4 rings (SSSR count). The van der Waals surface area contributed by atoms with Crippen LogP contribution in [0.3, 0.4) is 0 Å². The fourth-order valence-electron chi connectivity index (χ4n) is 3.56. The monoisotopic (exact) mass is 428 g/mol. The number of aromatic nitrogens is 4. The maximum Gasteiger partial charge on any atom is 0.472 e. The summed E-state index contributed by atoms with van der Waals surface area (Å²) in [5.74, 6) is 0.594. The lowest BCUT2D eigenvalue weighted by Gasteiger charge is -2.27. The smallest absolute Gasteiger partial charge is 0.386 e. The van der Waals surface area contributed by atoms with E-state index in [2.05, 4.69) is 20.3 Å². The normalized spacial score (nSPS) is 31.8. The predicted octanol–water partition coefficient (Wildman–Crippen LogP) is 0.531. The van der Waals surface area contributed by atoms with Crippen molar-refractivity contribution in [1.29, 1.82) is 0 Å². The second-order valence-corrected chi connectivity index (χ2v) is 8.47. The molecule has 0 aromatic carbocycles. The van der Waals surface area contributed by atoms with Gasteiger partial charge in [0.05, 0.1) is 12.9 Å². The molecular weight excluding hydrogens is 403 g/mol. The van der Waals surface area contributed by atoms with Crippen molar-refractivity contribution in [2.24, 2.45) is 5.73 Å². The number of phosphoric acid groups is 1. The number of aliphatic hydroxyl groups is 1. The van der Waals surface area contributed by atoms with Gasteiger partial charge in [0.1, 0.15) is 24.6 Å². The fourth-order valence-corrected chi connectivity index (χ4v) is 4.53. The highest BCUT2D eigenvalue weighted by Gasteiger charge is 2.52. The molecule has 0 saturated carbocycles. The van der Waals surface area contributed by atoms with Gasteiger partial charge in [-0.1, -0.05) is 12.8 Å². The van der Waals surface area contributed by atoms with Crippen molar-refractivity contribution in [1.82, 2.24) is 19.5 Å². The van der Waals surface area contributed by atoms with Crippen molar-refractivity contribution >= 4 is 24.8 Å². The molecule has 5 unspecified atom stereocenters. The number of hydrogen-bond donors (Lipinski definition) is 4. The summed E-state index contributed by atoms with van der Waals surface area (Å²) < 4.78 is 28.8. The molecule has 2 aliphatic rings. The summed E-state index contributed by atoms with van der Waals surface area (Å²) in [4.78, 5) is 22.4. The predicted molar refractivity (Wildman–Crippen MR) is 102 cm³/mol. The minimum absolute atomic E-state index is 0.148. The Morgan fingerprint density at radius 2 is 2.10 bits per heavy atom. The van der Waals surface area contributed by atoms with E-state index in [1.54, 1.807) is 4.57 Å². The Morgan fingerprint density at radius 3 is 2.93 bits per heavy atom. The van der Waals surface area contributed by atoms with Crippen LogP contribution in [0.2, 0.25) is 0 Å². The zero-order valence-corrected chi connectivity index (χ0v) is 16.6. The number of aliphatic hydroxyl groups excluding tert-OH is 1. The summed E-state index contributed by atoms with van der Waals surface area (Å²) in [5.41, 5.74) is 6.52. The molecule has 0 bridgehead atoms.